The predicted molar refractivity (Wildman–Crippen MR) is 70.8 cm³/mol. The van der Waals surface area contributed by atoms with Gasteiger partial charge in [0.1, 0.15) is 5.82 Å². The number of methoxy groups -OCH3 is 2. The number of halogens is 1. The highest BCUT2D eigenvalue weighted by Crippen LogP contribution is 2.07. The molecule has 0 saturated heterocycles. The van der Waals surface area contributed by atoms with Crippen molar-refractivity contribution in [3.8, 4) is 0 Å². The number of amides is 1. The topological polar surface area (TPSA) is 64.6 Å². The molecule has 6 heteroatoms. The molecule has 0 spiro atoms. The summed E-state index contributed by atoms with van der Waals surface area (Å²) >= 11 is 0. The van der Waals surface area contributed by atoms with Gasteiger partial charge in [-0.3, -0.25) is 9.59 Å². The van der Waals surface area contributed by atoms with Crippen LogP contribution in [0.25, 0.3) is 0 Å². The van der Waals surface area contributed by atoms with E-state index in [1.165, 1.54) is 38.5 Å². The van der Waals surface area contributed by atoms with Crippen molar-refractivity contribution in [2.75, 3.05) is 20.8 Å². The number of ether oxygens (including phenoxy) is 2. The SMILES string of the molecule is COC(CNC(=O)CCC(=O)c1ccc(F)cc1)OC. The number of benzene rings is 1. The molecule has 0 aliphatic rings. The van der Waals surface area contributed by atoms with Gasteiger partial charge in [0.25, 0.3) is 0 Å². The Bertz CT molecular complexity index is 443. The fourth-order valence-corrected chi connectivity index (χ4v) is 1.56. The minimum atomic E-state index is -0.508. The lowest BCUT2D eigenvalue weighted by atomic mass is 10.1. The van der Waals surface area contributed by atoms with E-state index in [-0.39, 0.29) is 31.1 Å². The van der Waals surface area contributed by atoms with Crippen LogP contribution in [0.5, 0.6) is 0 Å². The highest BCUT2D eigenvalue weighted by molar-refractivity contribution is 5.97. The van der Waals surface area contributed by atoms with Gasteiger partial charge in [0.05, 0.1) is 6.54 Å². The van der Waals surface area contributed by atoms with Crippen LogP contribution < -0.4 is 5.32 Å². The molecule has 0 fully saturated rings. The molecule has 0 heterocycles. The fourth-order valence-electron chi connectivity index (χ4n) is 1.56. The lowest BCUT2D eigenvalue weighted by Crippen LogP contribution is -2.34. The van der Waals surface area contributed by atoms with Crippen molar-refractivity contribution in [1.82, 2.24) is 5.32 Å². The average molecular weight is 283 g/mol. The van der Waals surface area contributed by atoms with Crippen molar-refractivity contribution in [3.05, 3.63) is 35.6 Å². The van der Waals surface area contributed by atoms with Crippen LogP contribution in [0.1, 0.15) is 23.2 Å². The third kappa shape index (κ3) is 5.46. The Morgan fingerprint density at radius 2 is 1.75 bits per heavy atom. The number of carbonyl (C=O) groups is 2. The molecule has 5 nitrogen and oxygen atoms in total. The van der Waals surface area contributed by atoms with Crippen LogP contribution in [0, 0.1) is 5.82 Å². The van der Waals surface area contributed by atoms with Crippen molar-refractivity contribution in [1.29, 1.82) is 0 Å². The van der Waals surface area contributed by atoms with E-state index in [9.17, 15) is 14.0 Å². The fraction of sp³-hybridized carbons (Fsp3) is 0.429. The monoisotopic (exact) mass is 283 g/mol. The Morgan fingerprint density at radius 1 is 1.15 bits per heavy atom. The number of ketones is 1. The van der Waals surface area contributed by atoms with Crippen molar-refractivity contribution in [3.63, 3.8) is 0 Å². The Hall–Kier alpha value is -1.79. The van der Waals surface area contributed by atoms with Gasteiger partial charge >= 0.3 is 0 Å². The van der Waals surface area contributed by atoms with Crippen LogP contribution in [0.15, 0.2) is 24.3 Å². The molecule has 1 aromatic carbocycles. The molecular formula is C14H18FNO4. The van der Waals surface area contributed by atoms with E-state index in [4.69, 9.17) is 9.47 Å². The number of carbonyl (C=O) groups excluding carboxylic acids is 2. The van der Waals surface area contributed by atoms with Gasteiger partial charge in [-0.25, -0.2) is 4.39 Å². The van der Waals surface area contributed by atoms with Crippen molar-refractivity contribution in [2.24, 2.45) is 0 Å². The first-order valence-corrected chi connectivity index (χ1v) is 6.18. The van der Waals surface area contributed by atoms with Gasteiger partial charge in [0.2, 0.25) is 5.91 Å². The predicted octanol–water partition coefficient (Wildman–Crippen LogP) is 1.52. The zero-order valence-electron chi connectivity index (χ0n) is 11.5. The third-order valence-corrected chi connectivity index (χ3v) is 2.74. The first-order valence-electron chi connectivity index (χ1n) is 6.18. The molecule has 0 aliphatic carbocycles. The molecule has 0 bridgehead atoms. The second-order valence-corrected chi connectivity index (χ2v) is 4.14. The highest BCUT2D eigenvalue weighted by Gasteiger charge is 2.11. The first kappa shape index (κ1) is 16.3. The molecule has 0 aromatic heterocycles. The van der Waals surface area contributed by atoms with Crippen LogP contribution in [0.3, 0.4) is 0 Å². The lowest BCUT2D eigenvalue weighted by Gasteiger charge is -2.13. The van der Waals surface area contributed by atoms with E-state index in [1.54, 1.807) is 0 Å². The molecule has 0 unspecified atom stereocenters. The molecule has 0 aliphatic heterocycles. The zero-order valence-corrected chi connectivity index (χ0v) is 11.5. The summed E-state index contributed by atoms with van der Waals surface area (Å²) in [6.45, 7) is 0.219. The summed E-state index contributed by atoms with van der Waals surface area (Å²) in [5, 5.41) is 2.60. The smallest absolute Gasteiger partial charge is 0.220 e. The maximum absolute atomic E-state index is 12.7. The van der Waals surface area contributed by atoms with Gasteiger partial charge in [-0.2, -0.15) is 0 Å². The van der Waals surface area contributed by atoms with Gasteiger partial charge < -0.3 is 14.8 Å². The second kappa shape index (κ2) is 8.39. The standard InChI is InChI=1S/C14H18FNO4/c1-19-14(20-2)9-16-13(18)8-7-12(17)10-3-5-11(15)6-4-10/h3-6,14H,7-9H2,1-2H3,(H,16,18). The molecule has 1 rings (SSSR count). The summed E-state index contributed by atoms with van der Waals surface area (Å²) in [5.74, 6) is -0.862. The Kier molecular flexibility index (Phi) is 6.83. The molecule has 0 atom stereocenters. The normalized spacial score (nSPS) is 10.6. The minimum Gasteiger partial charge on any atom is -0.354 e. The van der Waals surface area contributed by atoms with E-state index in [2.05, 4.69) is 5.32 Å². The summed E-state index contributed by atoms with van der Waals surface area (Å²) < 4.78 is 22.5. The van der Waals surface area contributed by atoms with Gasteiger partial charge in [-0.05, 0) is 24.3 Å². The maximum Gasteiger partial charge on any atom is 0.220 e. The number of Topliss-reactive ketones (excluding diaryl/α,β-unsaturated/α-hetero) is 1. The van der Waals surface area contributed by atoms with E-state index < -0.39 is 12.1 Å². The second-order valence-electron chi connectivity index (χ2n) is 4.14. The van der Waals surface area contributed by atoms with Gasteiger partial charge in [-0.1, -0.05) is 0 Å². The van der Waals surface area contributed by atoms with Crippen LogP contribution in [0.4, 0.5) is 4.39 Å². The van der Waals surface area contributed by atoms with Gasteiger partial charge in [0.15, 0.2) is 12.1 Å². The van der Waals surface area contributed by atoms with Crippen molar-refractivity contribution in [2.45, 2.75) is 19.1 Å². The Balaban J connectivity index is 2.33. The quantitative estimate of drug-likeness (QED) is 0.580. The summed E-state index contributed by atoms with van der Waals surface area (Å²) in [6, 6.07) is 5.24. The van der Waals surface area contributed by atoms with Gasteiger partial charge in [-0.15, -0.1) is 0 Å². The van der Waals surface area contributed by atoms with Crippen molar-refractivity contribution < 1.29 is 23.5 Å². The number of hydrogen-bond acceptors (Lipinski definition) is 4. The van der Waals surface area contributed by atoms with E-state index >= 15 is 0 Å². The lowest BCUT2D eigenvalue weighted by molar-refractivity contribution is -0.127. The summed E-state index contributed by atoms with van der Waals surface area (Å²) in [5.41, 5.74) is 0.394. The molecular weight excluding hydrogens is 265 g/mol. The van der Waals surface area contributed by atoms with E-state index in [0.29, 0.717) is 5.56 Å². The number of rotatable bonds is 8. The molecule has 1 amide bonds. The van der Waals surface area contributed by atoms with Gasteiger partial charge in [0, 0.05) is 32.6 Å². The molecule has 1 N–H and O–H groups in total. The first-order chi connectivity index (χ1) is 9.56. The average Bonchev–Trinajstić information content (AvgIpc) is 2.46. The van der Waals surface area contributed by atoms with Crippen LogP contribution in [-0.4, -0.2) is 38.7 Å². The maximum atomic E-state index is 12.7. The van der Waals surface area contributed by atoms with Crippen molar-refractivity contribution >= 4 is 11.7 Å². The number of hydrogen-bond donors (Lipinski definition) is 1. The molecule has 1 aromatic rings. The Morgan fingerprint density at radius 3 is 2.30 bits per heavy atom. The molecule has 0 radical (unpaired) electrons. The summed E-state index contributed by atoms with van der Waals surface area (Å²) in [7, 11) is 2.94. The summed E-state index contributed by atoms with van der Waals surface area (Å²) in [4.78, 5) is 23.3. The Labute approximate surface area is 117 Å². The number of nitrogens with one attached hydrogen (secondary N) is 1. The molecule has 20 heavy (non-hydrogen) atoms. The largest absolute Gasteiger partial charge is 0.354 e. The molecule has 0 saturated carbocycles. The minimum absolute atomic E-state index is 0.0658. The van der Waals surface area contributed by atoms with E-state index in [1.807, 2.05) is 0 Å². The third-order valence-electron chi connectivity index (χ3n) is 2.74. The summed E-state index contributed by atoms with van der Waals surface area (Å²) in [6.07, 6.45) is -0.370. The van der Waals surface area contributed by atoms with Crippen LogP contribution >= 0.6 is 0 Å². The van der Waals surface area contributed by atoms with Crippen LogP contribution in [0.2, 0.25) is 0 Å². The highest BCUT2D eigenvalue weighted by atomic mass is 19.1. The van der Waals surface area contributed by atoms with E-state index in [0.717, 1.165) is 0 Å². The zero-order chi connectivity index (χ0) is 15.0. The molecule has 110 valence electrons. The van der Waals surface area contributed by atoms with Crippen LogP contribution in [-0.2, 0) is 14.3 Å².